The van der Waals surface area contributed by atoms with Gasteiger partial charge < -0.3 is 5.32 Å². The summed E-state index contributed by atoms with van der Waals surface area (Å²) in [5.41, 5.74) is 0.719. The number of rotatable bonds is 2. The van der Waals surface area contributed by atoms with Gasteiger partial charge in [-0.25, -0.2) is 9.78 Å². The first-order chi connectivity index (χ1) is 11.5. The van der Waals surface area contributed by atoms with Crippen molar-refractivity contribution in [2.75, 3.05) is 11.5 Å². The standard InChI is InChI=1S/C16H16N4O3S/c1-10-3-2-4-12-17-11(7-13(21)20(10)12)8-19-14(22)16(18-15(19)23)5-6-24-9-16/h2-4,7H,5-6,8-9H2,1H3,(H,18,23). The number of carbonyl (C=O) groups excluding carboxylic acids is 2. The van der Waals surface area contributed by atoms with Gasteiger partial charge in [-0.1, -0.05) is 6.07 Å². The molecule has 1 atom stereocenters. The van der Waals surface area contributed by atoms with Crippen molar-refractivity contribution < 1.29 is 9.59 Å². The van der Waals surface area contributed by atoms with E-state index in [1.165, 1.54) is 15.4 Å². The molecule has 2 aromatic rings. The summed E-state index contributed by atoms with van der Waals surface area (Å²) in [6.07, 6.45) is 0.645. The minimum absolute atomic E-state index is 0.0107. The number of nitrogens with one attached hydrogen (secondary N) is 1. The predicted octanol–water partition coefficient (Wildman–Crippen LogP) is 0.930. The summed E-state index contributed by atoms with van der Waals surface area (Å²) in [4.78, 5) is 42.8. The van der Waals surface area contributed by atoms with Crippen LogP contribution in [0.25, 0.3) is 5.65 Å². The number of aromatic nitrogens is 2. The van der Waals surface area contributed by atoms with E-state index < -0.39 is 11.6 Å². The molecule has 3 amide bonds. The highest BCUT2D eigenvalue weighted by Crippen LogP contribution is 2.33. The second-order valence-corrected chi connectivity index (χ2v) is 7.26. The topological polar surface area (TPSA) is 83.8 Å². The van der Waals surface area contributed by atoms with Gasteiger partial charge in [0.2, 0.25) is 0 Å². The number of carbonyl (C=O) groups is 2. The summed E-state index contributed by atoms with van der Waals surface area (Å²) in [6, 6.07) is 6.36. The van der Waals surface area contributed by atoms with Crippen molar-refractivity contribution in [2.45, 2.75) is 25.4 Å². The molecule has 1 N–H and O–H groups in total. The molecule has 0 saturated carbocycles. The van der Waals surface area contributed by atoms with E-state index in [1.807, 2.05) is 19.1 Å². The maximum absolute atomic E-state index is 12.7. The smallest absolute Gasteiger partial charge is 0.322 e. The van der Waals surface area contributed by atoms with Crippen LogP contribution in [0, 0.1) is 6.92 Å². The van der Waals surface area contributed by atoms with Crippen molar-refractivity contribution in [2.24, 2.45) is 0 Å². The van der Waals surface area contributed by atoms with E-state index in [1.54, 1.807) is 17.8 Å². The lowest BCUT2D eigenvalue weighted by molar-refractivity contribution is -0.130. The Morgan fingerprint density at radius 3 is 2.92 bits per heavy atom. The SMILES string of the molecule is Cc1cccc2nc(CN3C(=O)NC4(CCSC4)C3=O)cc(=O)n12. The van der Waals surface area contributed by atoms with E-state index in [0.717, 1.165) is 11.4 Å². The number of hydrogen-bond donors (Lipinski definition) is 1. The Kier molecular flexibility index (Phi) is 3.38. The third-order valence-corrected chi connectivity index (χ3v) is 5.71. The summed E-state index contributed by atoms with van der Waals surface area (Å²) in [5, 5.41) is 2.82. The summed E-state index contributed by atoms with van der Waals surface area (Å²) in [5.74, 6) is 1.24. The fourth-order valence-corrected chi connectivity index (χ4v) is 4.58. The van der Waals surface area contributed by atoms with Crippen LogP contribution in [0.2, 0.25) is 0 Å². The van der Waals surface area contributed by atoms with Crippen LogP contribution in [-0.4, -0.2) is 43.3 Å². The largest absolute Gasteiger partial charge is 0.325 e. The molecule has 2 saturated heterocycles. The van der Waals surface area contributed by atoms with Crippen LogP contribution < -0.4 is 10.9 Å². The zero-order valence-electron chi connectivity index (χ0n) is 13.1. The molecule has 4 heterocycles. The number of hydrogen-bond acceptors (Lipinski definition) is 5. The van der Waals surface area contributed by atoms with Crippen molar-refractivity contribution >= 4 is 29.3 Å². The quantitative estimate of drug-likeness (QED) is 0.820. The minimum atomic E-state index is -0.774. The lowest BCUT2D eigenvalue weighted by Crippen LogP contribution is -2.46. The van der Waals surface area contributed by atoms with E-state index in [-0.39, 0.29) is 18.0 Å². The molecule has 0 bridgehead atoms. The number of pyridine rings is 1. The number of fused-ring (bicyclic) bond motifs is 1. The number of aryl methyl sites for hydroxylation is 1. The Bertz CT molecular complexity index is 917. The van der Waals surface area contributed by atoms with Gasteiger partial charge in [-0.3, -0.25) is 18.9 Å². The maximum atomic E-state index is 12.7. The molecule has 1 spiro atoms. The first-order valence-electron chi connectivity index (χ1n) is 7.70. The highest BCUT2D eigenvalue weighted by molar-refractivity contribution is 7.99. The van der Waals surface area contributed by atoms with Gasteiger partial charge in [-0.15, -0.1) is 0 Å². The summed E-state index contributed by atoms with van der Waals surface area (Å²) in [6.45, 7) is 1.84. The van der Waals surface area contributed by atoms with Crippen molar-refractivity contribution in [1.29, 1.82) is 0 Å². The van der Waals surface area contributed by atoms with Gasteiger partial charge in [-0.05, 0) is 31.2 Å². The Hall–Kier alpha value is -2.35. The van der Waals surface area contributed by atoms with E-state index in [2.05, 4.69) is 10.3 Å². The van der Waals surface area contributed by atoms with E-state index in [4.69, 9.17) is 0 Å². The van der Waals surface area contributed by atoms with Gasteiger partial charge in [-0.2, -0.15) is 11.8 Å². The lowest BCUT2D eigenvalue weighted by atomic mass is 9.99. The van der Waals surface area contributed by atoms with E-state index in [9.17, 15) is 14.4 Å². The minimum Gasteiger partial charge on any atom is -0.322 e. The Labute approximate surface area is 142 Å². The van der Waals surface area contributed by atoms with Crippen molar-refractivity contribution in [1.82, 2.24) is 19.6 Å². The molecule has 0 aromatic carbocycles. The van der Waals surface area contributed by atoms with Gasteiger partial charge >= 0.3 is 6.03 Å². The molecule has 0 aliphatic carbocycles. The van der Waals surface area contributed by atoms with Gasteiger partial charge in [0.15, 0.2) is 0 Å². The van der Waals surface area contributed by atoms with Gasteiger partial charge in [0.25, 0.3) is 11.5 Å². The molecule has 2 aliphatic heterocycles. The second-order valence-electron chi connectivity index (χ2n) is 6.15. The number of nitrogens with zero attached hydrogens (tertiary/aromatic N) is 3. The van der Waals surface area contributed by atoms with Gasteiger partial charge in [0, 0.05) is 17.5 Å². The van der Waals surface area contributed by atoms with Crippen molar-refractivity contribution in [3.05, 3.63) is 46.0 Å². The zero-order chi connectivity index (χ0) is 16.9. The highest BCUT2D eigenvalue weighted by atomic mass is 32.2. The van der Waals surface area contributed by atoms with Crippen LogP contribution in [-0.2, 0) is 11.3 Å². The predicted molar refractivity (Wildman–Crippen MR) is 90.0 cm³/mol. The fourth-order valence-electron chi connectivity index (χ4n) is 3.26. The summed E-state index contributed by atoms with van der Waals surface area (Å²) in [7, 11) is 0. The molecule has 2 aliphatic rings. The zero-order valence-corrected chi connectivity index (χ0v) is 13.9. The maximum Gasteiger partial charge on any atom is 0.325 e. The lowest BCUT2D eigenvalue weighted by Gasteiger charge is -2.19. The number of urea groups is 1. The van der Waals surface area contributed by atoms with Crippen molar-refractivity contribution in [3.63, 3.8) is 0 Å². The molecular weight excluding hydrogens is 328 g/mol. The molecule has 8 heteroatoms. The van der Waals surface area contributed by atoms with Crippen LogP contribution in [0.1, 0.15) is 17.8 Å². The van der Waals surface area contributed by atoms with Crippen LogP contribution in [0.4, 0.5) is 4.79 Å². The summed E-state index contributed by atoms with van der Waals surface area (Å²) >= 11 is 1.66. The molecule has 124 valence electrons. The highest BCUT2D eigenvalue weighted by Gasteiger charge is 2.52. The molecule has 4 rings (SSSR count). The molecular formula is C16H16N4O3S. The van der Waals surface area contributed by atoms with Crippen molar-refractivity contribution in [3.8, 4) is 0 Å². The molecule has 1 unspecified atom stereocenters. The van der Waals surface area contributed by atoms with Crippen LogP contribution in [0.5, 0.6) is 0 Å². The third kappa shape index (κ3) is 2.21. The average molecular weight is 344 g/mol. The number of thioether (sulfide) groups is 1. The number of amides is 3. The Morgan fingerprint density at radius 1 is 1.33 bits per heavy atom. The monoisotopic (exact) mass is 344 g/mol. The van der Waals surface area contributed by atoms with E-state index in [0.29, 0.717) is 23.5 Å². The third-order valence-electron chi connectivity index (χ3n) is 4.52. The Balaban J connectivity index is 1.69. The number of imide groups is 1. The first-order valence-corrected chi connectivity index (χ1v) is 8.86. The average Bonchev–Trinajstić information content (AvgIpc) is 3.09. The molecule has 2 fully saturated rings. The fraction of sp³-hybridized carbons (Fsp3) is 0.375. The molecule has 2 aromatic heterocycles. The van der Waals surface area contributed by atoms with Gasteiger partial charge in [0.05, 0.1) is 12.2 Å². The van der Waals surface area contributed by atoms with Crippen LogP contribution >= 0.6 is 11.8 Å². The van der Waals surface area contributed by atoms with E-state index >= 15 is 0 Å². The molecule has 24 heavy (non-hydrogen) atoms. The Morgan fingerprint density at radius 2 is 2.17 bits per heavy atom. The summed E-state index contributed by atoms with van der Waals surface area (Å²) < 4.78 is 1.50. The van der Waals surface area contributed by atoms with Crippen LogP contribution in [0.3, 0.4) is 0 Å². The second kappa shape index (κ2) is 5.34. The van der Waals surface area contributed by atoms with Gasteiger partial charge in [0.1, 0.15) is 11.2 Å². The normalized spacial score (nSPS) is 23.5. The molecule has 7 nitrogen and oxygen atoms in total. The first kappa shape index (κ1) is 15.2. The molecule has 0 radical (unpaired) electrons. The van der Waals surface area contributed by atoms with Crippen LogP contribution in [0.15, 0.2) is 29.1 Å².